The molecule has 1 N–H and O–H groups in total. The van der Waals surface area contributed by atoms with Crippen LogP contribution in [0.5, 0.6) is 5.75 Å². The zero-order valence-electron chi connectivity index (χ0n) is 20.8. The fourth-order valence-corrected chi connectivity index (χ4v) is 3.90. The third-order valence-corrected chi connectivity index (χ3v) is 5.66. The minimum Gasteiger partial charge on any atom is -0.494 e. The Hall–Kier alpha value is -3.34. The van der Waals surface area contributed by atoms with Crippen LogP contribution in [0.3, 0.4) is 0 Å². The molecule has 35 heavy (non-hydrogen) atoms. The second-order valence-electron chi connectivity index (χ2n) is 8.47. The molecule has 4 rings (SSSR count). The van der Waals surface area contributed by atoms with Crippen LogP contribution in [0.1, 0.15) is 49.2 Å². The van der Waals surface area contributed by atoms with Crippen LogP contribution < -0.4 is 10.2 Å². The van der Waals surface area contributed by atoms with Gasteiger partial charge in [0.15, 0.2) is 7.28 Å². The number of H-pyrrole nitrogens is 1. The number of imidazole rings is 1. The SMILES string of the molecule is CCOc1cccc([B]CCCCc2ccccc2)c1.CCc1cc(F)cc(Cc2ncc[nH]2)c1. The van der Waals surface area contributed by atoms with E-state index in [-0.39, 0.29) is 5.82 Å². The van der Waals surface area contributed by atoms with Gasteiger partial charge in [-0.2, -0.15) is 0 Å². The van der Waals surface area contributed by atoms with Gasteiger partial charge in [-0.05, 0) is 67.1 Å². The lowest BCUT2D eigenvalue weighted by molar-refractivity contribution is 0.340. The average Bonchev–Trinajstić information content (AvgIpc) is 3.38. The van der Waals surface area contributed by atoms with E-state index >= 15 is 0 Å². The zero-order chi connectivity index (χ0) is 24.7. The van der Waals surface area contributed by atoms with E-state index < -0.39 is 0 Å². The molecule has 1 radical (unpaired) electrons. The number of aromatic nitrogens is 2. The van der Waals surface area contributed by atoms with Crippen molar-refractivity contribution >= 4 is 12.7 Å². The van der Waals surface area contributed by atoms with Crippen LogP contribution in [-0.4, -0.2) is 23.9 Å². The average molecular weight is 469 g/mol. The minimum absolute atomic E-state index is 0.170. The number of hydrogen-bond donors (Lipinski definition) is 1. The highest BCUT2D eigenvalue weighted by Crippen LogP contribution is 2.13. The lowest BCUT2D eigenvalue weighted by Gasteiger charge is -2.05. The number of ether oxygens (including phenoxy) is 1. The van der Waals surface area contributed by atoms with Gasteiger partial charge in [0.05, 0.1) is 6.61 Å². The van der Waals surface area contributed by atoms with Gasteiger partial charge in [-0.3, -0.25) is 0 Å². The quantitative estimate of drug-likeness (QED) is 0.200. The van der Waals surface area contributed by atoms with Crippen molar-refractivity contribution in [2.24, 2.45) is 0 Å². The van der Waals surface area contributed by atoms with Gasteiger partial charge in [0.2, 0.25) is 0 Å². The smallest absolute Gasteiger partial charge is 0.151 e. The number of hydrogen-bond acceptors (Lipinski definition) is 2. The summed E-state index contributed by atoms with van der Waals surface area (Å²) in [5, 5.41) is 0. The molecule has 0 atom stereocenters. The van der Waals surface area contributed by atoms with E-state index in [4.69, 9.17) is 4.74 Å². The molecule has 0 fully saturated rings. The highest BCUT2D eigenvalue weighted by Gasteiger charge is 2.02. The molecule has 4 aromatic rings. The van der Waals surface area contributed by atoms with E-state index in [1.165, 1.54) is 30.3 Å². The Morgan fingerprint density at radius 2 is 1.71 bits per heavy atom. The van der Waals surface area contributed by atoms with Gasteiger partial charge in [0.25, 0.3) is 0 Å². The van der Waals surface area contributed by atoms with Crippen molar-refractivity contribution in [3.05, 3.63) is 114 Å². The van der Waals surface area contributed by atoms with Gasteiger partial charge in [-0.15, -0.1) is 0 Å². The Balaban J connectivity index is 0.000000203. The molecule has 0 aliphatic heterocycles. The molecule has 0 unspecified atom stereocenters. The maximum Gasteiger partial charge on any atom is 0.151 e. The van der Waals surface area contributed by atoms with E-state index in [1.54, 1.807) is 24.5 Å². The molecule has 0 saturated heterocycles. The Morgan fingerprint density at radius 1 is 0.886 bits per heavy atom. The van der Waals surface area contributed by atoms with Crippen molar-refractivity contribution in [2.75, 3.05) is 6.61 Å². The molecule has 0 bridgehead atoms. The molecule has 5 heteroatoms. The van der Waals surface area contributed by atoms with Gasteiger partial charge in [-0.1, -0.05) is 73.7 Å². The fraction of sp³-hybridized carbons (Fsp3) is 0.300. The lowest BCUT2D eigenvalue weighted by atomic mass is 9.66. The van der Waals surface area contributed by atoms with Crippen molar-refractivity contribution in [1.29, 1.82) is 0 Å². The molecular formula is C30H35BFN2O. The topological polar surface area (TPSA) is 37.9 Å². The summed E-state index contributed by atoms with van der Waals surface area (Å²) in [6.45, 7) is 4.76. The second-order valence-corrected chi connectivity index (χ2v) is 8.47. The van der Waals surface area contributed by atoms with Gasteiger partial charge in [-0.25, -0.2) is 9.37 Å². The summed E-state index contributed by atoms with van der Waals surface area (Å²) < 4.78 is 18.7. The highest BCUT2D eigenvalue weighted by atomic mass is 19.1. The van der Waals surface area contributed by atoms with Gasteiger partial charge >= 0.3 is 0 Å². The number of unbranched alkanes of at least 4 members (excludes halogenated alkanes) is 1. The number of aryl methyl sites for hydroxylation is 2. The summed E-state index contributed by atoms with van der Waals surface area (Å²) >= 11 is 0. The number of rotatable bonds is 11. The molecule has 1 aromatic heterocycles. The highest BCUT2D eigenvalue weighted by molar-refractivity contribution is 6.53. The molecule has 0 spiro atoms. The molecular weight excluding hydrogens is 434 g/mol. The first-order chi connectivity index (χ1) is 17.2. The van der Waals surface area contributed by atoms with E-state index in [9.17, 15) is 4.39 Å². The first kappa shape index (κ1) is 26.3. The predicted octanol–water partition coefficient (Wildman–Crippen LogP) is 6.56. The normalized spacial score (nSPS) is 10.4. The number of benzene rings is 3. The Labute approximate surface area is 210 Å². The standard InChI is InChI=1S/C18H22BO.C12H13FN2/c1-2-20-18-13-8-12-17(15-18)19-14-7-6-11-16-9-4-3-5-10-16;1-2-9-5-10(7-11(13)6-9)8-12-14-3-4-15-12/h3-5,8-10,12-13,15H,2,6-7,11,14H2,1H3;3-7H,2,8H2,1H3,(H,14,15). The molecule has 181 valence electrons. The van der Waals surface area contributed by atoms with Gasteiger partial charge in [0.1, 0.15) is 17.4 Å². The largest absolute Gasteiger partial charge is 0.494 e. The van der Waals surface area contributed by atoms with Crippen LogP contribution in [0.4, 0.5) is 4.39 Å². The van der Waals surface area contributed by atoms with E-state index in [2.05, 4.69) is 65.8 Å². The second kappa shape index (κ2) is 14.8. The van der Waals surface area contributed by atoms with E-state index in [0.29, 0.717) is 6.42 Å². The van der Waals surface area contributed by atoms with E-state index in [1.807, 2.05) is 26.0 Å². The maximum atomic E-state index is 13.2. The van der Waals surface area contributed by atoms with Gasteiger partial charge < -0.3 is 9.72 Å². The van der Waals surface area contributed by atoms with Crippen molar-refractivity contribution in [2.45, 2.75) is 52.3 Å². The van der Waals surface area contributed by atoms with Crippen molar-refractivity contribution in [1.82, 2.24) is 9.97 Å². The first-order valence-corrected chi connectivity index (χ1v) is 12.5. The van der Waals surface area contributed by atoms with Crippen molar-refractivity contribution in [3.63, 3.8) is 0 Å². The van der Waals surface area contributed by atoms with Crippen molar-refractivity contribution < 1.29 is 9.13 Å². The van der Waals surface area contributed by atoms with Crippen LogP contribution >= 0.6 is 0 Å². The summed E-state index contributed by atoms with van der Waals surface area (Å²) in [6, 6.07) is 24.2. The maximum absolute atomic E-state index is 13.2. The summed E-state index contributed by atoms with van der Waals surface area (Å²) in [6.07, 6.45) is 9.75. The lowest BCUT2D eigenvalue weighted by Crippen LogP contribution is -2.13. The summed E-state index contributed by atoms with van der Waals surface area (Å²) in [7, 11) is 2.30. The Morgan fingerprint density at radius 3 is 2.46 bits per heavy atom. The minimum atomic E-state index is -0.170. The summed E-state index contributed by atoms with van der Waals surface area (Å²) in [5.74, 6) is 1.66. The number of nitrogens with zero attached hydrogens (tertiary/aromatic N) is 1. The Kier molecular flexibility index (Phi) is 11.1. The molecule has 0 amide bonds. The molecule has 3 aromatic carbocycles. The molecule has 3 nitrogen and oxygen atoms in total. The summed E-state index contributed by atoms with van der Waals surface area (Å²) in [5.41, 5.74) is 4.68. The summed E-state index contributed by atoms with van der Waals surface area (Å²) in [4.78, 5) is 7.13. The molecule has 0 saturated carbocycles. The van der Waals surface area contributed by atoms with Crippen LogP contribution in [-0.2, 0) is 19.3 Å². The fourth-order valence-electron chi connectivity index (χ4n) is 3.90. The third-order valence-electron chi connectivity index (χ3n) is 5.66. The van der Waals surface area contributed by atoms with Gasteiger partial charge in [0, 0.05) is 18.8 Å². The Bertz CT molecular complexity index is 1120. The van der Waals surface area contributed by atoms with E-state index in [0.717, 1.165) is 42.0 Å². The molecule has 0 aliphatic rings. The monoisotopic (exact) mass is 469 g/mol. The zero-order valence-corrected chi connectivity index (χ0v) is 20.8. The third kappa shape index (κ3) is 9.82. The van der Waals surface area contributed by atoms with Crippen LogP contribution in [0.25, 0.3) is 0 Å². The predicted molar refractivity (Wildman–Crippen MR) is 144 cm³/mol. The van der Waals surface area contributed by atoms with Crippen LogP contribution in [0.15, 0.2) is 85.2 Å². The van der Waals surface area contributed by atoms with Crippen LogP contribution in [0.2, 0.25) is 6.32 Å². The first-order valence-electron chi connectivity index (χ1n) is 12.5. The van der Waals surface area contributed by atoms with Crippen molar-refractivity contribution in [3.8, 4) is 5.75 Å². The number of nitrogens with one attached hydrogen (secondary N) is 1. The number of aromatic amines is 1. The number of halogens is 1. The molecule has 0 aliphatic carbocycles. The van der Waals surface area contributed by atoms with Crippen LogP contribution in [0, 0.1) is 5.82 Å². The molecule has 1 heterocycles.